The summed E-state index contributed by atoms with van der Waals surface area (Å²) in [5, 5.41) is 0. The highest BCUT2D eigenvalue weighted by atomic mass is 127. The summed E-state index contributed by atoms with van der Waals surface area (Å²) in [7, 11) is 0. The fraction of sp³-hybridized carbons (Fsp3) is 1.00. The van der Waals surface area contributed by atoms with Gasteiger partial charge in [0, 0.05) is 9.84 Å². The van der Waals surface area contributed by atoms with Gasteiger partial charge in [-0.15, -0.1) is 0 Å². The Morgan fingerprint density at radius 2 is 1.00 bits per heavy atom. The van der Waals surface area contributed by atoms with E-state index >= 15 is 0 Å². The van der Waals surface area contributed by atoms with Crippen LogP contribution in [-0.4, -0.2) is 39.2 Å². The number of alkyl halides is 14. The van der Waals surface area contributed by atoms with Crippen molar-refractivity contribution in [3.05, 3.63) is 0 Å². The van der Waals surface area contributed by atoms with Gasteiger partial charge in [-0.2, -0.15) is 57.1 Å². The Bertz CT molecular complexity index is 526. The molecule has 0 heterocycles. The predicted molar refractivity (Wildman–Crippen MR) is 82.0 cm³/mol. The summed E-state index contributed by atoms with van der Waals surface area (Å²) < 4.78 is 168. The molecule has 0 radical (unpaired) electrons. The van der Waals surface area contributed by atoms with E-state index in [9.17, 15) is 57.1 Å². The van der Waals surface area contributed by atoms with E-state index in [4.69, 9.17) is 0 Å². The summed E-state index contributed by atoms with van der Waals surface area (Å²) >= 11 is 1.23. The van der Waals surface area contributed by atoms with Gasteiger partial charge in [-0.1, -0.05) is 49.3 Å². The molecular formula is C14H16F13I. The van der Waals surface area contributed by atoms with Gasteiger partial charge in [0.1, 0.15) is 0 Å². The molecule has 0 amide bonds. The van der Waals surface area contributed by atoms with E-state index < -0.39 is 45.6 Å². The quantitative estimate of drug-likeness (QED) is 0.145. The van der Waals surface area contributed by atoms with E-state index in [1.807, 2.05) is 0 Å². The van der Waals surface area contributed by atoms with Crippen LogP contribution in [0.15, 0.2) is 0 Å². The number of hydrogen-bond acceptors (Lipinski definition) is 0. The van der Waals surface area contributed by atoms with Gasteiger partial charge in [0.25, 0.3) is 0 Å². The Labute approximate surface area is 165 Å². The van der Waals surface area contributed by atoms with Crippen LogP contribution in [0, 0.1) is 0 Å². The average Bonchev–Trinajstić information content (AvgIpc) is 2.50. The van der Waals surface area contributed by atoms with E-state index in [2.05, 4.69) is 0 Å². The van der Waals surface area contributed by atoms with Crippen LogP contribution in [0.1, 0.15) is 46.0 Å². The number of unbranched alkanes of at least 4 members (excludes halogenated alkanes) is 1. The van der Waals surface area contributed by atoms with Crippen LogP contribution in [0.25, 0.3) is 0 Å². The van der Waals surface area contributed by atoms with Crippen molar-refractivity contribution in [3.63, 3.8) is 0 Å². The van der Waals surface area contributed by atoms with Gasteiger partial charge >= 0.3 is 35.8 Å². The van der Waals surface area contributed by atoms with Crippen molar-refractivity contribution < 1.29 is 57.1 Å². The number of hydrogen-bond donors (Lipinski definition) is 0. The lowest BCUT2D eigenvalue weighted by Gasteiger charge is -2.41. The van der Waals surface area contributed by atoms with Crippen LogP contribution in [0.4, 0.5) is 57.1 Å². The molecular weight excluding hydrogens is 542 g/mol. The summed E-state index contributed by atoms with van der Waals surface area (Å²) in [4.78, 5) is 0. The lowest BCUT2D eigenvalue weighted by molar-refractivity contribution is -0.440. The Kier molecular flexibility index (Phi) is 8.10. The van der Waals surface area contributed by atoms with Gasteiger partial charge in [0.05, 0.1) is 0 Å². The maximum atomic E-state index is 13.9. The summed E-state index contributed by atoms with van der Waals surface area (Å²) in [5.41, 5.74) is 0. The van der Waals surface area contributed by atoms with E-state index in [1.54, 1.807) is 6.92 Å². The first-order valence-electron chi connectivity index (χ1n) is 7.72. The van der Waals surface area contributed by atoms with Gasteiger partial charge < -0.3 is 0 Å². The van der Waals surface area contributed by atoms with Crippen LogP contribution in [0.5, 0.6) is 0 Å². The molecule has 0 aliphatic heterocycles. The first-order valence-corrected chi connectivity index (χ1v) is 8.80. The van der Waals surface area contributed by atoms with Gasteiger partial charge in [-0.25, -0.2) is 0 Å². The highest BCUT2D eigenvalue weighted by Crippen LogP contribution is 2.61. The van der Waals surface area contributed by atoms with Crippen LogP contribution in [0.2, 0.25) is 0 Å². The van der Waals surface area contributed by atoms with Crippen molar-refractivity contribution in [2.24, 2.45) is 0 Å². The predicted octanol–water partition coefficient (Wildman–Crippen LogP) is 7.89. The zero-order chi connectivity index (χ0) is 23.0. The van der Waals surface area contributed by atoms with Gasteiger partial charge in [0.15, 0.2) is 0 Å². The molecule has 0 spiro atoms. The van der Waals surface area contributed by atoms with Crippen molar-refractivity contribution in [1.82, 2.24) is 0 Å². The lowest BCUT2D eigenvalue weighted by Crippen LogP contribution is -2.70. The molecule has 0 saturated heterocycles. The van der Waals surface area contributed by atoms with Crippen molar-refractivity contribution in [2.75, 3.05) is 0 Å². The largest absolute Gasteiger partial charge is 0.460 e. The zero-order valence-electron chi connectivity index (χ0n) is 14.3. The molecule has 0 nitrogen and oxygen atoms in total. The molecule has 28 heavy (non-hydrogen) atoms. The van der Waals surface area contributed by atoms with E-state index in [0.29, 0.717) is 6.42 Å². The van der Waals surface area contributed by atoms with Crippen molar-refractivity contribution >= 4 is 22.6 Å². The molecule has 0 aliphatic rings. The third kappa shape index (κ3) is 4.60. The third-order valence-corrected chi connectivity index (χ3v) is 5.83. The van der Waals surface area contributed by atoms with E-state index in [-0.39, 0.29) is 19.3 Å². The zero-order valence-corrected chi connectivity index (χ0v) is 16.5. The van der Waals surface area contributed by atoms with Crippen molar-refractivity contribution in [3.8, 4) is 0 Å². The van der Waals surface area contributed by atoms with Crippen LogP contribution in [0.3, 0.4) is 0 Å². The first kappa shape index (κ1) is 27.8. The minimum Gasteiger partial charge on any atom is -0.200 e. The highest BCUT2D eigenvalue weighted by Gasteiger charge is 2.90. The molecule has 0 N–H and O–H groups in total. The topological polar surface area (TPSA) is 0 Å². The van der Waals surface area contributed by atoms with Gasteiger partial charge in [0.2, 0.25) is 0 Å². The minimum atomic E-state index is -7.84. The molecule has 0 aromatic heterocycles. The molecule has 1 unspecified atom stereocenters. The molecule has 0 aromatic rings. The van der Waals surface area contributed by atoms with Crippen LogP contribution < -0.4 is 0 Å². The molecule has 0 bridgehead atoms. The Morgan fingerprint density at radius 3 is 1.32 bits per heavy atom. The van der Waals surface area contributed by atoms with Crippen LogP contribution in [-0.2, 0) is 0 Å². The van der Waals surface area contributed by atoms with Gasteiger partial charge in [-0.05, 0) is 12.8 Å². The molecule has 14 heteroatoms. The first-order chi connectivity index (χ1) is 12.1. The maximum absolute atomic E-state index is 13.9. The fourth-order valence-corrected chi connectivity index (χ4v) is 3.06. The number of halogens is 14. The Balaban J connectivity index is 6.18. The van der Waals surface area contributed by atoms with Crippen molar-refractivity contribution in [2.45, 2.75) is 85.2 Å². The fourth-order valence-electron chi connectivity index (χ4n) is 2.19. The molecule has 0 aromatic carbocycles. The van der Waals surface area contributed by atoms with Gasteiger partial charge in [-0.3, -0.25) is 0 Å². The second-order valence-corrected chi connectivity index (χ2v) is 8.57. The summed E-state index contributed by atoms with van der Waals surface area (Å²) in [6.45, 7) is 2.79. The molecule has 0 rings (SSSR count). The monoisotopic (exact) mass is 558 g/mol. The molecule has 0 fully saturated rings. The molecule has 170 valence electrons. The minimum absolute atomic E-state index is 0.164. The number of rotatable bonds is 10. The average molecular weight is 558 g/mol. The SMILES string of the molecule is CCCCC(I)(CC)CC(F)(F)C(F)(F)C(F)(F)C(F)(F)C(F)(F)C(F)(F)F. The molecule has 0 aliphatic carbocycles. The summed E-state index contributed by atoms with van der Waals surface area (Å²) in [6, 6.07) is 0. The molecule has 1 atom stereocenters. The van der Waals surface area contributed by atoms with Crippen molar-refractivity contribution in [1.29, 1.82) is 0 Å². The normalized spacial score (nSPS) is 17.6. The second kappa shape index (κ2) is 8.16. The summed E-state index contributed by atoms with van der Waals surface area (Å²) in [5.74, 6) is -36.4. The van der Waals surface area contributed by atoms with Crippen LogP contribution >= 0.6 is 22.6 Å². The second-order valence-electron chi connectivity index (χ2n) is 6.28. The summed E-state index contributed by atoms with van der Waals surface area (Å²) in [6.07, 6.45) is -9.52. The maximum Gasteiger partial charge on any atom is 0.460 e. The Hall–Kier alpha value is -0.180. The van der Waals surface area contributed by atoms with E-state index in [0.717, 1.165) is 0 Å². The third-order valence-electron chi connectivity index (χ3n) is 4.15. The lowest BCUT2D eigenvalue weighted by atomic mass is 9.86. The molecule has 0 saturated carbocycles. The highest BCUT2D eigenvalue weighted by molar-refractivity contribution is 14.1. The van der Waals surface area contributed by atoms with E-state index in [1.165, 1.54) is 29.5 Å². The smallest absolute Gasteiger partial charge is 0.200 e. The standard InChI is InChI=1S/C14H16F13I/c1-3-5-6-8(28,4-2)7-9(15,16)10(17,18)11(19,20)12(21,22)13(23,24)14(25,26)27/h3-7H2,1-2H3. The Morgan fingerprint density at radius 1 is 0.607 bits per heavy atom.